The van der Waals surface area contributed by atoms with Crippen molar-refractivity contribution in [3.05, 3.63) is 75.3 Å². The Labute approximate surface area is 182 Å². The van der Waals surface area contributed by atoms with Crippen molar-refractivity contribution in [3.63, 3.8) is 0 Å². The molecule has 0 radical (unpaired) electrons. The number of amides is 1. The maximum absolute atomic E-state index is 12.7. The van der Waals surface area contributed by atoms with E-state index in [1.54, 1.807) is 41.3 Å². The Morgan fingerprint density at radius 2 is 2.00 bits per heavy atom. The summed E-state index contributed by atoms with van der Waals surface area (Å²) in [6.45, 7) is -0.378. The number of carbonyl (C=O) groups excluding carboxylic acids is 1. The summed E-state index contributed by atoms with van der Waals surface area (Å²) >= 11 is 5.99. The third-order valence-corrected chi connectivity index (χ3v) is 4.62. The van der Waals surface area contributed by atoms with Crippen molar-refractivity contribution in [2.24, 2.45) is 0 Å². The van der Waals surface area contributed by atoms with Crippen LogP contribution >= 0.6 is 11.6 Å². The highest BCUT2D eigenvalue weighted by Crippen LogP contribution is 2.17. The summed E-state index contributed by atoms with van der Waals surface area (Å²) in [6.07, 6.45) is 3.67. The predicted octanol–water partition coefficient (Wildman–Crippen LogP) is 4.63. The van der Waals surface area contributed by atoms with E-state index in [1.165, 1.54) is 18.2 Å². The highest BCUT2D eigenvalue weighted by atomic mass is 35.5. The highest BCUT2D eigenvalue weighted by molar-refractivity contribution is 6.31. The average molecular weight is 448 g/mol. The summed E-state index contributed by atoms with van der Waals surface area (Å²) in [5.74, 6) is 0.115. The van der Waals surface area contributed by atoms with Gasteiger partial charge in [-0.25, -0.2) is 4.98 Å². The summed E-state index contributed by atoms with van der Waals surface area (Å²) in [6, 6.07) is 10.7. The number of carbonyl (C=O) groups is 1. The van der Waals surface area contributed by atoms with Crippen LogP contribution in [0.2, 0.25) is 5.02 Å². The molecule has 1 amide bonds. The number of aromatic nitrogens is 2. The van der Waals surface area contributed by atoms with Gasteiger partial charge in [0.25, 0.3) is 5.56 Å². The minimum Gasteiger partial charge on any atom is -0.435 e. The van der Waals surface area contributed by atoms with E-state index in [-0.39, 0.29) is 23.8 Å². The van der Waals surface area contributed by atoms with Gasteiger partial charge in [-0.1, -0.05) is 30.7 Å². The van der Waals surface area contributed by atoms with Crippen LogP contribution in [-0.2, 0) is 11.3 Å². The van der Waals surface area contributed by atoms with Crippen molar-refractivity contribution in [1.29, 1.82) is 0 Å². The van der Waals surface area contributed by atoms with Gasteiger partial charge in [-0.05, 0) is 48.4 Å². The van der Waals surface area contributed by atoms with Gasteiger partial charge in [0.15, 0.2) is 0 Å². The fourth-order valence-electron chi connectivity index (χ4n) is 2.99. The van der Waals surface area contributed by atoms with Gasteiger partial charge in [-0.2, -0.15) is 8.78 Å². The van der Waals surface area contributed by atoms with Crippen molar-refractivity contribution < 1.29 is 18.3 Å². The molecule has 2 aromatic carbocycles. The molecule has 3 rings (SSSR count). The summed E-state index contributed by atoms with van der Waals surface area (Å²) < 4.78 is 28.8. The molecule has 0 fully saturated rings. The van der Waals surface area contributed by atoms with Crippen LogP contribution in [-0.4, -0.2) is 33.9 Å². The number of nitrogens with one attached hydrogen (secondary N) is 1. The van der Waals surface area contributed by atoms with Crippen LogP contribution in [0.25, 0.3) is 17.0 Å². The summed E-state index contributed by atoms with van der Waals surface area (Å²) in [4.78, 5) is 33.7. The van der Waals surface area contributed by atoms with E-state index < -0.39 is 6.61 Å². The van der Waals surface area contributed by atoms with Crippen LogP contribution in [0, 0.1) is 0 Å². The summed E-state index contributed by atoms with van der Waals surface area (Å²) in [5, 5.41) is 0.881. The number of ether oxygens (including phenoxy) is 1. The molecule has 0 spiro atoms. The lowest BCUT2D eigenvalue weighted by molar-refractivity contribution is -0.126. The molecule has 1 N–H and O–H groups in total. The zero-order valence-corrected chi connectivity index (χ0v) is 17.4. The number of alkyl halides is 2. The minimum absolute atomic E-state index is 0.0394. The van der Waals surface area contributed by atoms with E-state index in [0.717, 1.165) is 0 Å². The molecule has 9 heteroatoms. The average Bonchev–Trinajstić information content (AvgIpc) is 2.72. The first kappa shape index (κ1) is 22.4. The molecule has 162 valence electrons. The van der Waals surface area contributed by atoms with Gasteiger partial charge in [0.1, 0.15) is 11.6 Å². The van der Waals surface area contributed by atoms with Gasteiger partial charge in [0.05, 0.1) is 17.4 Å². The lowest BCUT2D eigenvalue weighted by Gasteiger charge is -2.20. The van der Waals surface area contributed by atoms with Crippen LogP contribution in [0.15, 0.2) is 53.3 Å². The fraction of sp³-hybridized carbons (Fsp3) is 0.227. The van der Waals surface area contributed by atoms with Crippen LogP contribution in [0.3, 0.4) is 0 Å². The van der Waals surface area contributed by atoms with Crippen molar-refractivity contribution in [2.45, 2.75) is 26.5 Å². The number of nitrogens with zero attached hydrogens (tertiary/aromatic N) is 2. The zero-order valence-electron chi connectivity index (χ0n) is 16.6. The van der Waals surface area contributed by atoms with E-state index in [0.29, 0.717) is 40.3 Å². The van der Waals surface area contributed by atoms with E-state index in [1.807, 2.05) is 6.92 Å². The molecule has 0 atom stereocenters. The molecular weight excluding hydrogens is 428 g/mol. The van der Waals surface area contributed by atoms with E-state index >= 15 is 0 Å². The topological polar surface area (TPSA) is 75.3 Å². The van der Waals surface area contributed by atoms with Gasteiger partial charge in [-0.3, -0.25) is 9.59 Å². The van der Waals surface area contributed by atoms with E-state index in [9.17, 15) is 18.4 Å². The van der Waals surface area contributed by atoms with Crippen molar-refractivity contribution in [2.75, 3.05) is 6.54 Å². The highest BCUT2D eigenvalue weighted by Gasteiger charge is 2.13. The Hall–Kier alpha value is -3.26. The molecule has 6 nitrogen and oxygen atoms in total. The number of rotatable bonds is 8. The standard InChI is InChI=1S/C22H20ClF2N3O3/c1-2-11-28(13-19-26-18-12-15(23)6-9-17(18)21(30)27-19)20(29)10-5-14-3-7-16(8-4-14)31-22(24)25/h3-10,12,22H,2,11,13H2,1H3,(H,26,27,30). The van der Waals surface area contributed by atoms with Crippen LogP contribution in [0.4, 0.5) is 8.78 Å². The van der Waals surface area contributed by atoms with Gasteiger partial charge in [0.2, 0.25) is 5.91 Å². The number of benzene rings is 2. The van der Waals surface area contributed by atoms with Gasteiger partial charge in [-0.15, -0.1) is 0 Å². The lowest BCUT2D eigenvalue weighted by Crippen LogP contribution is -2.31. The minimum atomic E-state index is -2.89. The number of hydrogen-bond donors (Lipinski definition) is 1. The first-order chi connectivity index (χ1) is 14.9. The fourth-order valence-corrected chi connectivity index (χ4v) is 3.15. The van der Waals surface area contributed by atoms with Gasteiger partial charge in [0, 0.05) is 17.6 Å². The molecule has 0 aliphatic carbocycles. The third-order valence-electron chi connectivity index (χ3n) is 4.39. The largest absolute Gasteiger partial charge is 0.435 e. The molecule has 31 heavy (non-hydrogen) atoms. The Morgan fingerprint density at radius 3 is 2.68 bits per heavy atom. The third kappa shape index (κ3) is 6.11. The van der Waals surface area contributed by atoms with Gasteiger partial charge < -0.3 is 14.6 Å². The number of H-pyrrole nitrogens is 1. The van der Waals surface area contributed by atoms with Crippen LogP contribution in [0.1, 0.15) is 24.7 Å². The van der Waals surface area contributed by atoms with Gasteiger partial charge >= 0.3 is 6.61 Å². The Bertz CT molecular complexity index is 1150. The molecule has 3 aromatic rings. The molecule has 0 bridgehead atoms. The molecular formula is C22H20ClF2N3O3. The van der Waals surface area contributed by atoms with E-state index in [2.05, 4.69) is 14.7 Å². The molecule has 0 saturated heterocycles. The summed E-state index contributed by atoms with van der Waals surface area (Å²) in [7, 11) is 0. The first-order valence-corrected chi connectivity index (χ1v) is 9.94. The Balaban J connectivity index is 1.75. The molecule has 1 aromatic heterocycles. The van der Waals surface area contributed by atoms with Crippen LogP contribution < -0.4 is 10.3 Å². The monoisotopic (exact) mass is 447 g/mol. The first-order valence-electron chi connectivity index (χ1n) is 9.56. The zero-order chi connectivity index (χ0) is 22.4. The molecule has 1 heterocycles. The second kappa shape index (κ2) is 10.2. The number of halogens is 3. The molecule has 0 aliphatic heterocycles. The number of fused-ring (bicyclic) bond motifs is 1. The smallest absolute Gasteiger partial charge is 0.387 e. The van der Waals surface area contributed by atoms with Crippen molar-refractivity contribution >= 4 is 34.5 Å². The lowest BCUT2D eigenvalue weighted by atomic mass is 10.2. The SMILES string of the molecule is CCCN(Cc1nc2cc(Cl)ccc2c(=O)[nH]1)C(=O)C=Cc1ccc(OC(F)F)cc1. The molecule has 0 saturated carbocycles. The second-order valence-electron chi connectivity index (χ2n) is 6.71. The second-order valence-corrected chi connectivity index (χ2v) is 7.15. The van der Waals surface area contributed by atoms with E-state index in [4.69, 9.17) is 11.6 Å². The van der Waals surface area contributed by atoms with Crippen molar-refractivity contribution in [1.82, 2.24) is 14.9 Å². The number of hydrogen-bond acceptors (Lipinski definition) is 4. The van der Waals surface area contributed by atoms with Crippen LogP contribution in [0.5, 0.6) is 5.75 Å². The molecule has 0 aliphatic rings. The molecule has 0 unspecified atom stereocenters. The maximum Gasteiger partial charge on any atom is 0.387 e. The predicted molar refractivity (Wildman–Crippen MR) is 115 cm³/mol. The summed E-state index contributed by atoms with van der Waals surface area (Å²) in [5.41, 5.74) is 0.803. The quantitative estimate of drug-likeness (QED) is 0.511. The Morgan fingerprint density at radius 1 is 1.26 bits per heavy atom. The maximum atomic E-state index is 12.7. The van der Waals surface area contributed by atoms with Crippen molar-refractivity contribution in [3.8, 4) is 5.75 Å². The number of aromatic amines is 1. The Kier molecular flexibility index (Phi) is 7.36. The normalized spacial score (nSPS) is 11.4.